The fourth-order valence-corrected chi connectivity index (χ4v) is 3.69. The van der Waals surface area contributed by atoms with Crippen LogP contribution >= 0.6 is 12.2 Å². The van der Waals surface area contributed by atoms with E-state index in [1.807, 2.05) is 0 Å². The lowest BCUT2D eigenvalue weighted by atomic mass is 10.1. The van der Waals surface area contributed by atoms with Gasteiger partial charge in [-0.3, -0.25) is 19.8 Å². The normalized spacial score (nSPS) is 14.5. The number of aromatic carboxylic acids is 2. The number of amides is 2. The van der Waals surface area contributed by atoms with Gasteiger partial charge in [-0.05, 0) is 71.9 Å². The van der Waals surface area contributed by atoms with Crippen LogP contribution in [0, 0.1) is 0 Å². The van der Waals surface area contributed by atoms with Crippen molar-refractivity contribution in [1.29, 1.82) is 0 Å². The number of carboxylic acid groups (broad SMARTS) is 2. The molecule has 3 N–H and O–H groups in total. The van der Waals surface area contributed by atoms with Crippen molar-refractivity contribution in [1.82, 2.24) is 5.32 Å². The lowest BCUT2D eigenvalue weighted by Crippen LogP contribution is -2.54. The first-order valence-corrected chi connectivity index (χ1v) is 10.9. The van der Waals surface area contributed by atoms with E-state index in [4.69, 9.17) is 22.1 Å². The Kier molecular flexibility index (Phi) is 6.88. The van der Waals surface area contributed by atoms with Gasteiger partial charge in [-0.25, -0.2) is 9.59 Å². The average molecular weight is 503 g/mol. The molecule has 10 heteroatoms. The Bertz CT molecular complexity index is 1410. The molecule has 0 atom stereocenters. The topological polar surface area (TPSA) is 133 Å². The van der Waals surface area contributed by atoms with Crippen LogP contribution in [-0.2, 0) is 16.2 Å². The highest BCUT2D eigenvalue weighted by Gasteiger charge is 2.34. The van der Waals surface area contributed by atoms with Crippen molar-refractivity contribution in [2.24, 2.45) is 0 Å². The molecular formula is C26H18N2O7S. The molecule has 0 spiro atoms. The zero-order valence-corrected chi connectivity index (χ0v) is 19.3. The van der Waals surface area contributed by atoms with Crippen LogP contribution < -0.4 is 15.0 Å². The number of nitrogens with one attached hydrogen (secondary N) is 1. The Hall–Kier alpha value is -4.83. The van der Waals surface area contributed by atoms with Gasteiger partial charge < -0.3 is 14.9 Å². The fraction of sp³-hybridized carbons (Fsp3) is 0.0385. The molecule has 0 radical (unpaired) electrons. The van der Waals surface area contributed by atoms with Crippen molar-refractivity contribution in [3.05, 3.63) is 101 Å². The van der Waals surface area contributed by atoms with E-state index in [2.05, 4.69) is 5.32 Å². The van der Waals surface area contributed by atoms with Gasteiger partial charge in [0, 0.05) is 0 Å². The number of nitrogens with zero attached hydrogens (tertiary/aromatic N) is 1. The lowest BCUT2D eigenvalue weighted by molar-refractivity contribution is -0.122. The van der Waals surface area contributed by atoms with Crippen LogP contribution in [0.5, 0.6) is 5.75 Å². The molecule has 1 fully saturated rings. The maximum atomic E-state index is 13.1. The number of carbonyl (C=O) groups excluding carboxylic acids is 2. The molecule has 1 aliphatic heterocycles. The first-order chi connectivity index (χ1) is 17.2. The standard InChI is InChI=1S/C26H18N2O7S/c29-22-21(23(30)28(26(36)27-22)19-3-1-2-18(13-19)25(33)34)12-15-6-10-20(11-7-15)35-14-16-4-8-17(9-5-16)24(31)32/h1-13H,14H2,(H,31,32)(H,33,34)(H,27,29,36). The summed E-state index contributed by atoms with van der Waals surface area (Å²) in [7, 11) is 0. The SMILES string of the molecule is O=C1NC(=S)N(c2cccc(C(=O)O)c2)C(=O)C1=Cc1ccc(OCc2ccc(C(=O)O)cc2)cc1. The van der Waals surface area contributed by atoms with Crippen molar-refractivity contribution in [2.45, 2.75) is 6.61 Å². The number of hydrogen-bond donors (Lipinski definition) is 3. The van der Waals surface area contributed by atoms with Crippen molar-refractivity contribution < 1.29 is 34.1 Å². The van der Waals surface area contributed by atoms with Gasteiger partial charge in [0.25, 0.3) is 11.8 Å². The Morgan fingerprint density at radius 2 is 1.58 bits per heavy atom. The summed E-state index contributed by atoms with van der Waals surface area (Å²) < 4.78 is 5.71. The maximum Gasteiger partial charge on any atom is 0.335 e. The Morgan fingerprint density at radius 3 is 2.22 bits per heavy atom. The first kappa shape index (κ1) is 24.3. The van der Waals surface area contributed by atoms with Crippen LogP contribution in [0.25, 0.3) is 6.08 Å². The van der Waals surface area contributed by atoms with Crippen LogP contribution in [0.15, 0.2) is 78.4 Å². The molecule has 4 rings (SSSR count). The zero-order valence-electron chi connectivity index (χ0n) is 18.5. The van der Waals surface area contributed by atoms with Crippen molar-refractivity contribution in [2.75, 3.05) is 4.90 Å². The Morgan fingerprint density at radius 1 is 0.917 bits per heavy atom. The molecular weight excluding hydrogens is 484 g/mol. The highest BCUT2D eigenvalue weighted by Crippen LogP contribution is 2.24. The highest BCUT2D eigenvalue weighted by molar-refractivity contribution is 7.80. The molecule has 9 nitrogen and oxygen atoms in total. The van der Waals surface area contributed by atoms with Gasteiger partial charge in [0.05, 0.1) is 16.8 Å². The highest BCUT2D eigenvalue weighted by atomic mass is 32.1. The Balaban J connectivity index is 1.50. The molecule has 2 amide bonds. The van der Waals surface area contributed by atoms with Crippen LogP contribution in [0.4, 0.5) is 5.69 Å². The largest absolute Gasteiger partial charge is 0.489 e. The first-order valence-electron chi connectivity index (χ1n) is 10.5. The van der Waals surface area contributed by atoms with E-state index in [1.165, 1.54) is 42.5 Å². The summed E-state index contributed by atoms with van der Waals surface area (Å²) >= 11 is 5.15. The molecule has 0 aromatic heterocycles. The summed E-state index contributed by atoms with van der Waals surface area (Å²) in [6, 6.07) is 18.7. The number of carboxylic acids is 2. The molecule has 0 bridgehead atoms. The third-order valence-electron chi connectivity index (χ3n) is 5.25. The van der Waals surface area contributed by atoms with Gasteiger partial charge in [0.15, 0.2) is 5.11 Å². The minimum absolute atomic E-state index is 0.0288. The number of anilines is 1. The van der Waals surface area contributed by atoms with Crippen LogP contribution in [0.2, 0.25) is 0 Å². The van der Waals surface area contributed by atoms with E-state index in [0.29, 0.717) is 11.3 Å². The summed E-state index contributed by atoms with van der Waals surface area (Å²) in [5.74, 6) is -2.98. The molecule has 180 valence electrons. The number of thiocarbonyl (C=S) groups is 1. The molecule has 1 heterocycles. The Labute approximate surface area is 210 Å². The molecule has 0 unspecified atom stereocenters. The van der Waals surface area contributed by atoms with E-state index >= 15 is 0 Å². The number of benzene rings is 3. The van der Waals surface area contributed by atoms with Gasteiger partial charge >= 0.3 is 11.9 Å². The molecule has 3 aromatic carbocycles. The monoisotopic (exact) mass is 502 g/mol. The molecule has 0 aliphatic carbocycles. The van der Waals surface area contributed by atoms with Crippen molar-refractivity contribution >= 4 is 52.8 Å². The summed E-state index contributed by atoms with van der Waals surface area (Å²) in [6.45, 7) is 0.225. The predicted octanol–water partition coefficient (Wildman–Crippen LogP) is 3.49. The van der Waals surface area contributed by atoms with Gasteiger partial charge in [0.2, 0.25) is 0 Å². The molecule has 36 heavy (non-hydrogen) atoms. The second-order valence-electron chi connectivity index (χ2n) is 7.67. The van der Waals surface area contributed by atoms with Gasteiger partial charge in [-0.15, -0.1) is 0 Å². The van der Waals surface area contributed by atoms with E-state index in [1.54, 1.807) is 36.4 Å². The third-order valence-corrected chi connectivity index (χ3v) is 5.54. The minimum Gasteiger partial charge on any atom is -0.489 e. The van der Waals surface area contributed by atoms with Crippen LogP contribution in [-0.4, -0.2) is 39.1 Å². The summed E-state index contributed by atoms with van der Waals surface area (Å²) in [6.07, 6.45) is 1.40. The second-order valence-corrected chi connectivity index (χ2v) is 8.06. The number of rotatable bonds is 7. The molecule has 3 aromatic rings. The van der Waals surface area contributed by atoms with Gasteiger partial charge in [-0.2, -0.15) is 0 Å². The molecule has 1 saturated heterocycles. The minimum atomic E-state index is -1.16. The number of carbonyl (C=O) groups is 4. The lowest BCUT2D eigenvalue weighted by Gasteiger charge is -2.29. The van der Waals surface area contributed by atoms with Crippen molar-refractivity contribution in [3.8, 4) is 5.75 Å². The smallest absolute Gasteiger partial charge is 0.335 e. The third kappa shape index (κ3) is 5.29. The molecule has 1 aliphatic rings. The second kappa shape index (κ2) is 10.2. The van der Waals surface area contributed by atoms with E-state index in [-0.39, 0.29) is 34.1 Å². The van der Waals surface area contributed by atoms with Gasteiger partial charge in [-0.1, -0.05) is 30.3 Å². The van der Waals surface area contributed by atoms with Crippen LogP contribution in [0.3, 0.4) is 0 Å². The predicted molar refractivity (Wildman–Crippen MR) is 134 cm³/mol. The van der Waals surface area contributed by atoms with Gasteiger partial charge in [0.1, 0.15) is 17.9 Å². The summed E-state index contributed by atoms with van der Waals surface area (Å²) in [4.78, 5) is 48.9. The summed E-state index contributed by atoms with van der Waals surface area (Å²) in [5.41, 5.74) is 1.55. The average Bonchev–Trinajstić information content (AvgIpc) is 2.86. The summed E-state index contributed by atoms with van der Waals surface area (Å²) in [5, 5.41) is 20.5. The van der Waals surface area contributed by atoms with E-state index in [0.717, 1.165) is 10.5 Å². The van der Waals surface area contributed by atoms with Crippen molar-refractivity contribution in [3.63, 3.8) is 0 Å². The number of hydrogen-bond acceptors (Lipinski definition) is 6. The quantitative estimate of drug-likeness (QED) is 0.254. The molecule has 0 saturated carbocycles. The van der Waals surface area contributed by atoms with E-state index < -0.39 is 23.8 Å². The van der Waals surface area contributed by atoms with E-state index in [9.17, 15) is 24.3 Å². The number of ether oxygens (including phenoxy) is 1. The fourth-order valence-electron chi connectivity index (χ4n) is 3.41. The maximum absolute atomic E-state index is 13.1. The zero-order chi connectivity index (χ0) is 25.8. The van der Waals surface area contributed by atoms with Crippen LogP contribution in [0.1, 0.15) is 31.8 Å².